The van der Waals surface area contributed by atoms with E-state index in [0.29, 0.717) is 12.0 Å². The first-order valence-electron chi connectivity index (χ1n) is 5.80. The Labute approximate surface area is 88.2 Å². The maximum Gasteiger partial charge on any atom is 0.0431 e. The van der Waals surface area contributed by atoms with E-state index in [1.165, 1.54) is 12.8 Å². The topological polar surface area (TPSA) is 20.2 Å². The third-order valence-electron chi connectivity index (χ3n) is 4.17. The molecule has 0 aromatic heterocycles. The van der Waals surface area contributed by atoms with Crippen molar-refractivity contribution in [3.8, 4) is 0 Å². The lowest BCUT2D eigenvalue weighted by atomic mass is 9.79. The van der Waals surface area contributed by atoms with E-state index >= 15 is 0 Å². The zero-order valence-corrected chi connectivity index (χ0v) is 10.1. The molecule has 0 aromatic rings. The number of aliphatic hydroxyl groups is 1. The molecule has 0 aromatic carbocycles. The van der Waals surface area contributed by atoms with Crippen LogP contribution in [0, 0.1) is 11.3 Å². The lowest BCUT2D eigenvalue weighted by molar-refractivity contribution is 0.284. The highest BCUT2D eigenvalue weighted by atomic mass is 16.2. The van der Waals surface area contributed by atoms with Crippen molar-refractivity contribution in [2.75, 3.05) is 6.61 Å². The van der Waals surface area contributed by atoms with Gasteiger partial charge in [0, 0.05) is 6.61 Å². The van der Waals surface area contributed by atoms with E-state index in [4.69, 9.17) is 5.11 Å². The molecule has 0 radical (unpaired) electrons. The fourth-order valence-corrected chi connectivity index (χ4v) is 2.34. The van der Waals surface area contributed by atoms with E-state index in [2.05, 4.69) is 27.7 Å². The number of allylic oxidation sites excluding steroid dienone is 2. The quantitative estimate of drug-likeness (QED) is 0.538. The summed E-state index contributed by atoms with van der Waals surface area (Å²) in [6.07, 6.45) is 4.56. The number of aliphatic hydroxyl groups excluding tert-OH is 1. The Morgan fingerprint density at radius 1 is 1.36 bits per heavy atom. The van der Waals surface area contributed by atoms with Crippen molar-refractivity contribution in [3.63, 3.8) is 0 Å². The van der Waals surface area contributed by atoms with Crippen molar-refractivity contribution >= 4 is 0 Å². The average molecular weight is 196 g/mol. The molecule has 0 saturated carbocycles. The Morgan fingerprint density at radius 3 is 2.43 bits per heavy atom. The molecule has 82 valence electrons. The molecule has 1 heteroatoms. The summed E-state index contributed by atoms with van der Waals surface area (Å²) in [7, 11) is 0. The third-order valence-corrected chi connectivity index (χ3v) is 4.17. The Bertz CT molecular complexity index is 225. The van der Waals surface area contributed by atoms with Crippen molar-refractivity contribution in [2.24, 2.45) is 11.3 Å². The standard InChI is InChI=1S/C13H24O/c1-10-9-12(7-5-6-8-14)11(2)13(10,3)4/h10,14H,5-9H2,1-4H3. The van der Waals surface area contributed by atoms with Crippen LogP contribution in [0.3, 0.4) is 0 Å². The molecule has 0 saturated heterocycles. The van der Waals surface area contributed by atoms with Gasteiger partial charge in [0.1, 0.15) is 0 Å². The van der Waals surface area contributed by atoms with E-state index < -0.39 is 0 Å². The second-order valence-corrected chi connectivity index (χ2v) is 5.24. The summed E-state index contributed by atoms with van der Waals surface area (Å²) in [5.41, 5.74) is 3.65. The van der Waals surface area contributed by atoms with Crippen LogP contribution in [0.5, 0.6) is 0 Å². The van der Waals surface area contributed by atoms with Crippen LogP contribution in [0.2, 0.25) is 0 Å². The lowest BCUT2D eigenvalue weighted by Crippen LogP contribution is -2.16. The highest BCUT2D eigenvalue weighted by molar-refractivity contribution is 5.26. The molecular weight excluding hydrogens is 172 g/mol. The van der Waals surface area contributed by atoms with Gasteiger partial charge in [-0.2, -0.15) is 0 Å². The Morgan fingerprint density at radius 2 is 2.00 bits per heavy atom. The molecule has 0 spiro atoms. The summed E-state index contributed by atoms with van der Waals surface area (Å²) >= 11 is 0. The SMILES string of the molecule is CC1=C(CCCCO)CC(C)C1(C)C. The number of hydrogen-bond acceptors (Lipinski definition) is 1. The molecule has 0 heterocycles. The maximum absolute atomic E-state index is 8.74. The molecule has 1 aliphatic carbocycles. The minimum absolute atomic E-state index is 0.339. The maximum atomic E-state index is 8.74. The van der Waals surface area contributed by atoms with Crippen LogP contribution in [0.25, 0.3) is 0 Å². The summed E-state index contributed by atoms with van der Waals surface area (Å²) in [6, 6.07) is 0. The van der Waals surface area contributed by atoms with Gasteiger partial charge in [0.25, 0.3) is 0 Å². The Hall–Kier alpha value is -0.300. The van der Waals surface area contributed by atoms with Gasteiger partial charge in [-0.25, -0.2) is 0 Å². The zero-order chi connectivity index (χ0) is 10.8. The molecule has 1 rings (SSSR count). The van der Waals surface area contributed by atoms with E-state index in [-0.39, 0.29) is 0 Å². The highest BCUT2D eigenvalue weighted by Gasteiger charge is 2.35. The lowest BCUT2D eigenvalue weighted by Gasteiger charge is -2.26. The van der Waals surface area contributed by atoms with Crippen LogP contribution in [-0.4, -0.2) is 11.7 Å². The third kappa shape index (κ3) is 2.20. The molecule has 1 unspecified atom stereocenters. The molecule has 1 N–H and O–H groups in total. The first-order chi connectivity index (χ1) is 6.50. The van der Waals surface area contributed by atoms with Gasteiger partial charge >= 0.3 is 0 Å². The molecule has 0 bridgehead atoms. The minimum Gasteiger partial charge on any atom is -0.396 e. The first-order valence-corrected chi connectivity index (χ1v) is 5.80. The van der Waals surface area contributed by atoms with Crippen LogP contribution in [-0.2, 0) is 0 Å². The zero-order valence-electron chi connectivity index (χ0n) is 10.1. The minimum atomic E-state index is 0.339. The molecule has 1 aliphatic rings. The van der Waals surface area contributed by atoms with Crippen molar-refractivity contribution in [2.45, 2.75) is 53.4 Å². The van der Waals surface area contributed by atoms with E-state index in [1.807, 2.05) is 0 Å². The molecule has 1 atom stereocenters. The van der Waals surface area contributed by atoms with Gasteiger partial charge in [-0.3, -0.25) is 0 Å². The van der Waals surface area contributed by atoms with Gasteiger partial charge in [0.05, 0.1) is 0 Å². The monoisotopic (exact) mass is 196 g/mol. The van der Waals surface area contributed by atoms with Crippen molar-refractivity contribution < 1.29 is 5.11 Å². The van der Waals surface area contributed by atoms with Gasteiger partial charge in [0.15, 0.2) is 0 Å². The van der Waals surface area contributed by atoms with E-state index in [1.54, 1.807) is 11.1 Å². The van der Waals surface area contributed by atoms with E-state index in [0.717, 1.165) is 18.8 Å². The molecular formula is C13H24O. The van der Waals surface area contributed by atoms with Crippen molar-refractivity contribution in [1.29, 1.82) is 0 Å². The fraction of sp³-hybridized carbons (Fsp3) is 0.846. The predicted molar refractivity (Wildman–Crippen MR) is 61.2 cm³/mol. The molecule has 0 fully saturated rings. The number of rotatable bonds is 4. The average Bonchev–Trinajstić information content (AvgIpc) is 2.31. The van der Waals surface area contributed by atoms with Gasteiger partial charge in [-0.15, -0.1) is 0 Å². The Kier molecular flexibility index (Phi) is 3.77. The summed E-state index contributed by atoms with van der Waals surface area (Å²) < 4.78 is 0. The van der Waals surface area contributed by atoms with Crippen molar-refractivity contribution in [3.05, 3.63) is 11.1 Å². The fourth-order valence-electron chi connectivity index (χ4n) is 2.34. The van der Waals surface area contributed by atoms with Gasteiger partial charge in [0.2, 0.25) is 0 Å². The van der Waals surface area contributed by atoms with Crippen LogP contribution in [0.4, 0.5) is 0 Å². The second-order valence-electron chi connectivity index (χ2n) is 5.24. The van der Waals surface area contributed by atoms with Crippen LogP contribution < -0.4 is 0 Å². The van der Waals surface area contributed by atoms with Crippen molar-refractivity contribution in [1.82, 2.24) is 0 Å². The van der Waals surface area contributed by atoms with Gasteiger partial charge in [-0.05, 0) is 43.9 Å². The van der Waals surface area contributed by atoms with Gasteiger partial charge < -0.3 is 5.11 Å². The van der Waals surface area contributed by atoms with Crippen LogP contribution in [0.15, 0.2) is 11.1 Å². The summed E-state index contributed by atoms with van der Waals surface area (Å²) in [5.74, 6) is 0.784. The smallest absolute Gasteiger partial charge is 0.0431 e. The molecule has 0 aliphatic heterocycles. The summed E-state index contributed by atoms with van der Waals surface area (Å²) in [6.45, 7) is 9.68. The predicted octanol–water partition coefficient (Wildman–Crippen LogP) is 3.53. The molecule has 1 nitrogen and oxygen atoms in total. The summed E-state index contributed by atoms with van der Waals surface area (Å²) in [5, 5.41) is 8.74. The summed E-state index contributed by atoms with van der Waals surface area (Å²) in [4.78, 5) is 0. The largest absolute Gasteiger partial charge is 0.396 e. The molecule has 0 amide bonds. The van der Waals surface area contributed by atoms with E-state index in [9.17, 15) is 0 Å². The normalized spacial score (nSPS) is 25.9. The Balaban J connectivity index is 2.57. The van der Waals surface area contributed by atoms with Gasteiger partial charge in [-0.1, -0.05) is 31.9 Å². The number of hydrogen-bond donors (Lipinski definition) is 1. The highest BCUT2D eigenvalue weighted by Crippen LogP contribution is 2.47. The van der Waals surface area contributed by atoms with Crippen LogP contribution in [0.1, 0.15) is 53.4 Å². The number of unbranched alkanes of at least 4 members (excludes halogenated alkanes) is 1. The van der Waals surface area contributed by atoms with Crippen LogP contribution >= 0.6 is 0 Å². The molecule has 14 heavy (non-hydrogen) atoms. The second kappa shape index (κ2) is 4.48. The first kappa shape index (κ1) is 11.8.